The number of ether oxygens (including phenoxy) is 2. The molecule has 1 N–H and O–H groups in total. The summed E-state index contributed by atoms with van der Waals surface area (Å²) in [5, 5.41) is 3.04. The maximum absolute atomic E-state index is 14.9. The Morgan fingerprint density at radius 2 is 1.92 bits per heavy atom. The van der Waals surface area contributed by atoms with E-state index in [1.807, 2.05) is 4.90 Å². The smallest absolute Gasteiger partial charge is 0.360 e. The Hall–Kier alpha value is -4.19. The summed E-state index contributed by atoms with van der Waals surface area (Å²) >= 11 is 0. The van der Waals surface area contributed by atoms with Crippen LogP contribution in [-0.2, 0) is 16.5 Å². The topological polar surface area (TPSA) is 107 Å². The van der Waals surface area contributed by atoms with E-state index in [1.165, 1.54) is 25.7 Å². The Balaban J connectivity index is 1.76. The second kappa shape index (κ2) is 9.82. The Morgan fingerprint density at radius 3 is 2.67 bits per heavy atom. The van der Waals surface area contributed by atoms with Crippen molar-refractivity contribution < 1.29 is 23.0 Å². The van der Waals surface area contributed by atoms with Gasteiger partial charge in [-0.15, -0.1) is 0 Å². The lowest BCUT2D eigenvalue weighted by Gasteiger charge is -2.32. The maximum Gasteiger partial charge on any atom is 0.360 e. The molecule has 0 bridgehead atoms. The molecule has 4 aromatic rings. The van der Waals surface area contributed by atoms with Crippen LogP contribution in [0.25, 0.3) is 22.2 Å². The number of esters is 1. The van der Waals surface area contributed by atoms with Crippen LogP contribution in [0.4, 0.5) is 26.0 Å². The third kappa shape index (κ3) is 4.19. The molecule has 0 spiro atoms. The summed E-state index contributed by atoms with van der Waals surface area (Å²) in [4.78, 5) is 31.2. The first-order valence-electron chi connectivity index (χ1n) is 11.2. The highest BCUT2D eigenvalue weighted by Crippen LogP contribution is 2.45. The van der Waals surface area contributed by atoms with E-state index in [-0.39, 0.29) is 22.6 Å². The highest BCUT2D eigenvalue weighted by molar-refractivity contribution is 6.00. The molecule has 4 heterocycles. The molecule has 1 aliphatic rings. The lowest BCUT2D eigenvalue weighted by Crippen LogP contribution is -2.37. The van der Waals surface area contributed by atoms with Crippen LogP contribution in [0.15, 0.2) is 43.2 Å². The summed E-state index contributed by atoms with van der Waals surface area (Å²) in [7, 11) is 3.03. The van der Waals surface area contributed by atoms with Crippen LogP contribution in [0.3, 0.4) is 0 Å². The predicted octanol–water partition coefficient (Wildman–Crippen LogP) is 3.73. The van der Waals surface area contributed by atoms with Crippen LogP contribution >= 0.6 is 0 Å². The van der Waals surface area contributed by atoms with E-state index >= 15 is 0 Å². The molecule has 3 aromatic heterocycles. The Kier molecular flexibility index (Phi) is 6.42. The van der Waals surface area contributed by atoms with Gasteiger partial charge in [-0.3, -0.25) is 4.98 Å². The fourth-order valence-electron chi connectivity index (χ4n) is 4.33. The Labute approximate surface area is 204 Å². The molecular formula is C24H23F2N7O3. The van der Waals surface area contributed by atoms with Gasteiger partial charge in [0.15, 0.2) is 11.5 Å². The number of methoxy groups -OCH3 is 1. The summed E-state index contributed by atoms with van der Waals surface area (Å²) in [5.41, 5.74) is 2.29. The van der Waals surface area contributed by atoms with Crippen molar-refractivity contribution in [2.45, 2.75) is 6.43 Å². The molecule has 0 atom stereocenters. The minimum atomic E-state index is -2.82. The first kappa shape index (κ1) is 23.5. The van der Waals surface area contributed by atoms with Crippen molar-refractivity contribution in [3.63, 3.8) is 0 Å². The van der Waals surface area contributed by atoms with E-state index in [4.69, 9.17) is 9.47 Å². The lowest BCUT2D eigenvalue weighted by atomic mass is 9.95. The normalized spacial score (nSPS) is 13.9. The molecule has 1 aromatic carbocycles. The van der Waals surface area contributed by atoms with E-state index in [0.29, 0.717) is 54.3 Å². The van der Waals surface area contributed by atoms with Gasteiger partial charge in [0, 0.05) is 61.2 Å². The van der Waals surface area contributed by atoms with Crippen LogP contribution in [0.2, 0.25) is 0 Å². The summed E-state index contributed by atoms with van der Waals surface area (Å²) in [5.74, 6) is -0.634. The number of benzene rings is 1. The summed E-state index contributed by atoms with van der Waals surface area (Å²) in [6.45, 7) is 1.85. The maximum atomic E-state index is 14.9. The molecule has 10 nitrogen and oxygen atoms in total. The monoisotopic (exact) mass is 495 g/mol. The van der Waals surface area contributed by atoms with Crippen molar-refractivity contribution in [1.29, 1.82) is 0 Å². The average molecular weight is 495 g/mol. The van der Waals surface area contributed by atoms with Crippen molar-refractivity contribution in [3.05, 3.63) is 54.5 Å². The zero-order chi connectivity index (χ0) is 25.2. The number of aryl methyl sites for hydroxylation is 1. The fourth-order valence-corrected chi connectivity index (χ4v) is 4.33. The largest absolute Gasteiger partial charge is 0.464 e. The molecule has 0 radical (unpaired) electrons. The van der Waals surface area contributed by atoms with Crippen LogP contribution < -0.4 is 10.2 Å². The number of nitrogens with one attached hydrogen (secondary N) is 1. The summed E-state index contributed by atoms with van der Waals surface area (Å²) < 4.78 is 41.8. The standard InChI is InChI=1S/C24H23F2N7O3/c1-32-13-30-20-14(11-27-12-17(20)32)18-15(31-23-21(24(34)35-2)28-5-6-29-23)3-4-16(19(18)22(25)26)33-7-9-36-10-8-33/h3-6,11-13,22H,7-10H2,1-2H3,(H,29,31). The molecule has 36 heavy (non-hydrogen) atoms. The third-order valence-electron chi connectivity index (χ3n) is 6.03. The number of aromatic nitrogens is 5. The van der Waals surface area contributed by atoms with E-state index in [2.05, 4.69) is 25.3 Å². The zero-order valence-corrected chi connectivity index (χ0v) is 19.6. The third-order valence-corrected chi connectivity index (χ3v) is 6.03. The van der Waals surface area contributed by atoms with Crippen molar-refractivity contribution in [1.82, 2.24) is 24.5 Å². The van der Waals surface area contributed by atoms with Crippen molar-refractivity contribution in [3.8, 4) is 11.1 Å². The van der Waals surface area contributed by atoms with Crippen LogP contribution in [0.1, 0.15) is 22.5 Å². The van der Waals surface area contributed by atoms with E-state index in [0.717, 1.165) is 0 Å². The average Bonchev–Trinajstić information content (AvgIpc) is 3.29. The molecule has 0 saturated carbocycles. The number of nitrogens with zero attached hydrogens (tertiary/aromatic N) is 6. The number of anilines is 3. The molecule has 1 fully saturated rings. The molecular weight excluding hydrogens is 472 g/mol. The number of halogens is 2. The number of hydrogen-bond acceptors (Lipinski definition) is 9. The minimum Gasteiger partial charge on any atom is -0.464 e. The van der Waals surface area contributed by atoms with Crippen LogP contribution in [-0.4, -0.2) is 63.9 Å². The molecule has 0 unspecified atom stereocenters. The number of alkyl halides is 2. The summed E-state index contributed by atoms with van der Waals surface area (Å²) in [6.07, 6.45) is 4.68. The van der Waals surface area contributed by atoms with Crippen molar-refractivity contribution >= 4 is 34.2 Å². The predicted molar refractivity (Wildman–Crippen MR) is 129 cm³/mol. The van der Waals surface area contributed by atoms with Crippen molar-refractivity contribution in [2.75, 3.05) is 43.6 Å². The molecule has 0 aliphatic carbocycles. The highest BCUT2D eigenvalue weighted by Gasteiger charge is 2.28. The van der Waals surface area contributed by atoms with Gasteiger partial charge < -0.3 is 24.3 Å². The number of carbonyl (C=O) groups excluding carboxylic acids is 1. The summed E-state index contributed by atoms with van der Waals surface area (Å²) in [6, 6.07) is 3.32. The Bertz CT molecular complexity index is 1420. The van der Waals surface area contributed by atoms with Gasteiger partial charge in [0.05, 0.1) is 49.4 Å². The van der Waals surface area contributed by atoms with E-state index < -0.39 is 12.4 Å². The molecule has 0 amide bonds. The SMILES string of the molecule is COC(=O)c1nccnc1Nc1ccc(N2CCOCC2)c(C(F)F)c1-c1cncc2c1ncn2C. The Morgan fingerprint density at radius 1 is 1.14 bits per heavy atom. The molecule has 186 valence electrons. The second-order valence-electron chi connectivity index (χ2n) is 8.10. The molecule has 1 saturated heterocycles. The molecule has 5 rings (SSSR count). The first-order valence-corrected chi connectivity index (χ1v) is 11.2. The quantitative estimate of drug-likeness (QED) is 0.400. The molecule has 12 heteroatoms. The molecule has 1 aliphatic heterocycles. The highest BCUT2D eigenvalue weighted by atomic mass is 19.3. The van der Waals surface area contributed by atoms with Gasteiger partial charge in [-0.05, 0) is 12.1 Å². The van der Waals surface area contributed by atoms with Gasteiger partial charge in [0.2, 0.25) is 0 Å². The lowest BCUT2D eigenvalue weighted by molar-refractivity contribution is 0.0595. The fraction of sp³-hybridized carbons (Fsp3) is 0.292. The van der Waals surface area contributed by atoms with Crippen molar-refractivity contribution in [2.24, 2.45) is 7.05 Å². The van der Waals surface area contributed by atoms with Gasteiger partial charge in [-0.25, -0.2) is 28.5 Å². The van der Waals surface area contributed by atoms with Gasteiger partial charge in [0.25, 0.3) is 6.43 Å². The number of imidazole rings is 1. The van der Waals surface area contributed by atoms with E-state index in [9.17, 15) is 13.6 Å². The van der Waals surface area contributed by atoms with Gasteiger partial charge in [-0.1, -0.05) is 0 Å². The van der Waals surface area contributed by atoms with E-state index in [1.54, 1.807) is 36.3 Å². The number of hydrogen-bond donors (Lipinski definition) is 1. The van der Waals surface area contributed by atoms with Gasteiger partial charge in [0.1, 0.15) is 0 Å². The van der Waals surface area contributed by atoms with Gasteiger partial charge in [-0.2, -0.15) is 0 Å². The number of rotatable bonds is 6. The number of carbonyl (C=O) groups is 1. The number of morpholine rings is 1. The van der Waals surface area contributed by atoms with Crippen LogP contribution in [0.5, 0.6) is 0 Å². The van der Waals surface area contributed by atoms with Gasteiger partial charge >= 0.3 is 5.97 Å². The zero-order valence-electron chi connectivity index (χ0n) is 19.6. The number of pyridine rings is 1. The first-order chi connectivity index (χ1) is 17.5. The second-order valence-corrected chi connectivity index (χ2v) is 8.10. The minimum absolute atomic E-state index is 0.0732. The van der Waals surface area contributed by atoms with Crippen LogP contribution in [0, 0.1) is 0 Å². The number of fused-ring (bicyclic) bond motifs is 1.